The molecule has 2 unspecified atom stereocenters. The summed E-state index contributed by atoms with van der Waals surface area (Å²) >= 11 is 0. The summed E-state index contributed by atoms with van der Waals surface area (Å²) in [5.74, 6) is 1.01. The minimum Gasteiger partial charge on any atom is -0.270 e. The molecule has 0 bridgehead atoms. The van der Waals surface area contributed by atoms with Gasteiger partial charge in [0.05, 0.1) is 11.4 Å². The highest BCUT2D eigenvalue weighted by molar-refractivity contribution is 7.83. The van der Waals surface area contributed by atoms with Crippen molar-refractivity contribution in [2.45, 2.75) is 38.0 Å². The van der Waals surface area contributed by atoms with Crippen molar-refractivity contribution in [1.29, 1.82) is 0 Å². The van der Waals surface area contributed by atoms with Gasteiger partial charge in [0.25, 0.3) is 0 Å². The molecule has 1 heterocycles. The van der Waals surface area contributed by atoms with Crippen molar-refractivity contribution >= 4 is 29.2 Å². The van der Waals surface area contributed by atoms with Gasteiger partial charge < -0.3 is 0 Å². The standard InChI is InChI=1S/C18H24N4OS/c1-3-14-12-20-22(13-14)18(19-4-2)21-24(23)17-11-7-9-15-8-5-6-10-16(15)17/h6-7,9-12,14H,3-5,8,13H2,1-2H3,(H,19,21). The minimum atomic E-state index is -1.36. The van der Waals surface area contributed by atoms with Gasteiger partial charge in [-0.05, 0) is 43.4 Å². The van der Waals surface area contributed by atoms with E-state index in [1.165, 1.54) is 5.56 Å². The van der Waals surface area contributed by atoms with E-state index >= 15 is 0 Å². The molecule has 1 N–H and O–H groups in total. The van der Waals surface area contributed by atoms with E-state index in [0.717, 1.165) is 36.3 Å². The van der Waals surface area contributed by atoms with Gasteiger partial charge in [-0.2, -0.15) is 5.10 Å². The number of aryl methyl sites for hydroxylation is 1. The van der Waals surface area contributed by atoms with E-state index in [9.17, 15) is 4.21 Å². The van der Waals surface area contributed by atoms with Gasteiger partial charge in [0, 0.05) is 18.7 Å². The first-order valence-corrected chi connectivity index (χ1v) is 9.70. The zero-order valence-electron chi connectivity index (χ0n) is 14.2. The van der Waals surface area contributed by atoms with E-state index < -0.39 is 11.0 Å². The lowest BCUT2D eigenvalue weighted by Gasteiger charge is -2.20. The Morgan fingerprint density at radius 1 is 1.46 bits per heavy atom. The van der Waals surface area contributed by atoms with Crippen LogP contribution in [0.15, 0.2) is 39.3 Å². The van der Waals surface area contributed by atoms with E-state index in [2.05, 4.69) is 40.0 Å². The minimum absolute atomic E-state index is 0.426. The highest BCUT2D eigenvalue weighted by Crippen LogP contribution is 2.25. The third-order valence-electron chi connectivity index (χ3n) is 4.31. The molecule has 24 heavy (non-hydrogen) atoms. The molecule has 1 aliphatic carbocycles. The third-order valence-corrected chi connectivity index (χ3v) is 5.43. The Bertz CT molecular complexity index is 711. The summed E-state index contributed by atoms with van der Waals surface area (Å²) in [5, 5.41) is 6.23. The summed E-state index contributed by atoms with van der Waals surface area (Å²) in [6.07, 6.45) is 9.25. The normalized spacial score (nSPS) is 21.0. The number of guanidine groups is 1. The van der Waals surface area contributed by atoms with Crippen molar-refractivity contribution in [2.75, 3.05) is 13.1 Å². The first-order valence-electron chi connectivity index (χ1n) is 8.55. The molecule has 2 atom stereocenters. The van der Waals surface area contributed by atoms with Crippen molar-refractivity contribution in [3.05, 3.63) is 35.4 Å². The number of hydrogen-bond acceptors (Lipinski definition) is 3. The molecule has 0 aromatic heterocycles. The first-order chi connectivity index (χ1) is 11.7. The molecule has 0 fully saturated rings. The number of fused-ring (bicyclic) bond motifs is 1. The van der Waals surface area contributed by atoms with E-state index in [4.69, 9.17) is 0 Å². The van der Waals surface area contributed by atoms with Crippen molar-refractivity contribution in [1.82, 2.24) is 9.73 Å². The topological polar surface area (TPSA) is 57.1 Å². The Hall–Kier alpha value is -1.95. The number of rotatable bonds is 4. The molecule has 0 radical (unpaired) electrons. The molecular weight excluding hydrogens is 320 g/mol. The summed E-state index contributed by atoms with van der Waals surface area (Å²) in [6, 6.07) is 6.01. The van der Waals surface area contributed by atoms with Crippen LogP contribution < -0.4 is 4.72 Å². The summed E-state index contributed by atoms with van der Waals surface area (Å²) in [7, 11) is -1.36. The largest absolute Gasteiger partial charge is 0.270 e. The van der Waals surface area contributed by atoms with Gasteiger partial charge in [-0.25, -0.2) is 9.22 Å². The van der Waals surface area contributed by atoms with Gasteiger partial charge in [0.1, 0.15) is 0 Å². The van der Waals surface area contributed by atoms with Gasteiger partial charge in [-0.3, -0.25) is 9.71 Å². The highest BCUT2D eigenvalue weighted by Gasteiger charge is 2.23. The van der Waals surface area contributed by atoms with Crippen LogP contribution in [0, 0.1) is 5.92 Å². The lowest BCUT2D eigenvalue weighted by Crippen LogP contribution is -2.39. The van der Waals surface area contributed by atoms with E-state index in [1.807, 2.05) is 30.3 Å². The van der Waals surface area contributed by atoms with Crippen LogP contribution in [0.3, 0.4) is 0 Å². The zero-order valence-corrected chi connectivity index (χ0v) is 15.1. The Morgan fingerprint density at radius 2 is 2.33 bits per heavy atom. The van der Waals surface area contributed by atoms with Crippen LogP contribution in [-0.2, 0) is 17.4 Å². The van der Waals surface area contributed by atoms with Crippen LogP contribution in [0.25, 0.3) is 6.08 Å². The Balaban J connectivity index is 1.80. The number of aliphatic imine (C=N–C) groups is 1. The molecule has 2 aliphatic rings. The molecular formula is C18H24N4OS. The number of hydrazone groups is 1. The number of hydrogen-bond donors (Lipinski definition) is 1. The summed E-state index contributed by atoms with van der Waals surface area (Å²) in [4.78, 5) is 5.27. The molecule has 5 nitrogen and oxygen atoms in total. The molecule has 6 heteroatoms. The third kappa shape index (κ3) is 3.59. The molecule has 0 saturated heterocycles. The second kappa shape index (κ2) is 7.75. The maximum atomic E-state index is 12.9. The Morgan fingerprint density at radius 3 is 3.08 bits per heavy atom. The van der Waals surface area contributed by atoms with Gasteiger partial charge >= 0.3 is 0 Å². The maximum absolute atomic E-state index is 12.9. The fourth-order valence-corrected chi connectivity index (χ4v) is 3.97. The zero-order chi connectivity index (χ0) is 16.9. The smallest absolute Gasteiger partial charge is 0.227 e. The second-order valence-corrected chi connectivity index (χ2v) is 7.14. The summed E-state index contributed by atoms with van der Waals surface area (Å²) < 4.78 is 16.0. The van der Waals surface area contributed by atoms with Crippen LogP contribution in [0.4, 0.5) is 0 Å². The monoisotopic (exact) mass is 344 g/mol. The van der Waals surface area contributed by atoms with Crippen LogP contribution in [-0.4, -0.2) is 34.5 Å². The quantitative estimate of drug-likeness (QED) is 0.674. The summed E-state index contributed by atoms with van der Waals surface area (Å²) in [5.41, 5.74) is 2.33. The second-order valence-electron chi connectivity index (χ2n) is 5.95. The van der Waals surface area contributed by atoms with Crippen molar-refractivity contribution < 1.29 is 4.21 Å². The lowest BCUT2D eigenvalue weighted by molar-refractivity contribution is 0.431. The number of benzene rings is 1. The number of allylic oxidation sites excluding steroid dienone is 1. The predicted octanol–water partition coefficient (Wildman–Crippen LogP) is 2.96. The highest BCUT2D eigenvalue weighted by atomic mass is 32.2. The molecule has 0 amide bonds. The van der Waals surface area contributed by atoms with Crippen LogP contribution in [0.5, 0.6) is 0 Å². The molecule has 0 saturated carbocycles. The molecule has 0 spiro atoms. The SMILES string of the molecule is CCN=C(NS(=O)c1cccc2c1C=CCC2)N1CC(CC)C=N1. The fraction of sp³-hybridized carbons (Fsp3) is 0.444. The number of nitrogens with zero attached hydrogens (tertiary/aromatic N) is 3. The predicted molar refractivity (Wildman–Crippen MR) is 100 cm³/mol. The Kier molecular flexibility index (Phi) is 5.45. The van der Waals surface area contributed by atoms with Crippen LogP contribution >= 0.6 is 0 Å². The van der Waals surface area contributed by atoms with Crippen LogP contribution in [0.2, 0.25) is 0 Å². The van der Waals surface area contributed by atoms with Gasteiger partial charge in [0.15, 0.2) is 11.0 Å². The van der Waals surface area contributed by atoms with Crippen molar-refractivity contribution in [3.8, 4) is 0 Å². The van der Waals surface area contributed by atoms with Gasteiger partial charge in [0.2, 0.25) is 5.96 Å². The fourth-order valence-electron chi connectivity index (χ4n) is 2.92. The van der Waals surface area contributed by atoms with Gasteiger partial charge in [-0.1, -0.05) is 31.2 Å². The molecule has 1 aromatic rings. The maximum Gasteiger partial charge on any atom is 0.227 e. The average Bonchev–Trinajstić information content (AvgIpc) is 3.10. The molecule has 128 valence electrons. The summed E-state index contributed by atoms with van der Waals surface area (Å²) in [6.45, 7) is 5.52. The molecule has 1 aliphatic heterocycles. The molecule has 1 aromatic carbocycles. The van der Waals surface area contributed by atoms with E-state index in [1.54, 1.807) is 0 Å². The van der Waals surface area contributed by atoms with E-state index in [-0.39, 0.29) is 0 Å². The van der Waals surface area contributed by atoms with Crippen molar-refractivity contribution in [2.24, 2.45) is 16.0 Å². The van der Waals surface area contributed by atoms with Gasteiger partial charge in [-0.15, -0.1) is 0 Å². The van der Waals surface area contributed by atoms with Crippen molar-refractivity contribution in [3.63, 3.8) is 0 Å². The number of nitrogens with one attached hydrogen (secondary N) is 1. The lowest BCUT2D eigenvalue weighted by atomic mass is 9.98. The average molecular weight is 344 g/mol. The Labute approximate surface area is 146 Å². The first kappa shape index (κ1) is 16.9. The van der Waals surface area contributed by atoms with E-state index in [0.29, 0.717) is 18.4 Å². The van der Waals surface area contributed by atoms with Crippen LogP contribution in [0.1, 0.15) is 37.8 Å². The molecule has 3 rings (SSSR count).